The summed E-state index contributed by atoms with van der Waals surface area (Å²) in [6, 6.07) is 3.59. The molecule has 3 rings (SSSR count). The first-order valence-electron chi connectivity index (χ1n) is 5.95. The van der Waals surface area contributed by atoms with Gasteiger partial charge < -0.3 is 10.4 Å². The summed E-state index contributed by atoms with van der Waals surface area (Å²) in [5.74, 6) is 0.657. The van der Waals surface area contributed by atoms with E-state index in [1.165, 1.54) is 17.7 Å². The molecule has 0 aliphatic carbocycles. The molecule has 3 aromatic heterocycles. The van der Waals surface area contributed by atoms with Crippen LogP contribution in [0.15, 0.2) is 24.7 Å². The van der Waals surface area contributed by atoms with Crippen LogP contribution < -0.4 is 5.32 Å². The Bertz CT molecular complexity index is 740. The van der Waals surface area contributed by atoms with Crippen molar-refractivity contribution in [3.8, 4) is 0 Å². The van der Waals surface area contributed by atoms with Crippen LogP contribution in [0.25, 0.3) is 11.0 Å². The van der Waals surface area contributed by atoms with Gasteiger partial charge in [0.05, 0.1) is 15.9 Å². The third-order valence-corrected chi connectivity index (χ3v) is 4.25. The topological polar surface area (TPSA) is 75.9 Å². The molecule has 3 heterocycles. The Hall–Kier alpha value is -1.70. The highest BCUT2D eigenvalue weighted by molar-refractivity contribution is 7.16. The number of fused-ring (bicyclic) bond motifs is 1. The average Bonchev–Trinajstić information content (AvgIpc) is 3.03. The molecular weight excluding hydrogens is 298 g/mol. The molecule has 20 heavy (non-hydrogen) atoms. The number of rotatable bonds is 4. The van der Waals surface area contributed by atoms with Gasteiger partial charge >= 0.3 is 0 Å². The fourth-order valence-electron chi connectivity index (χ4n) is 1.90. The van der Waals surface area contributed by atoms with Crippen molar-refractivity contribution in [3.05, 3.63) is 33.9 Å². The number of aliphatic hydroxyl groups is 1. The second-order valence-electron chi connectivity index (χ2n) is 4.27. The number of aromatic nitrogens is 4. The summed E-state index contributed by atoms with van der Waals surface area (Å²) in [6.45, 7) is 0.345. The number of nitrogens with one attached hydrogen (secondary N) is 1. The first kappa shape index (κ1) is 13.3. The van der Waals surface area contributed by atoms with Crippen LogP contribution in [-0.4, -0.2) is 31.4 Å². The Morgan fingerprint density at radius 3 is 3.05 bits per heavy atom. The standard InChI is InChI=1S/C12H12ClN5OS/c1-18-12-7(4-17-18)11(15-6-16-12)14-5-8(19)9-2-3-10(13)20-9/h2-4,6,8,19H,5H2,1H3,(H,14,15,16). The molecule has 0 bridgehead atoms. The van der Waals surface area contributed by atoms with Crippen LogP contribution in [-0.2, 0) is 7.05 Å². The van der Waals surface area contributed by atoms with E-state index in [9.17, 15) is 5.11 Å². The number of aliphatic hydroxyl groups excluding tert-OH is 1. The summed E-state index contributed by atoms with van der Waals surface area (Å²) in [4.78, 5) is 9.16. The van der Waals surface area contributed by atoms with Crippen LogP contribution in [0.5, 0.6) is 0 Å². The van der Waals surface area contributed by atoms with Crippen molar-refractivity contribution >= 4 is 39.8 Å². The fraction of sp³-hybridized carbons (Fsp3) is 0.250. The highest BCUT2D eigenvalue weighted by Crippen LogP contribution is 2.27. The van der Waals surface area contributed by atoms with Gasteiger partial charge in [-0.25, -0.2) is 9.97 Å². The van der Waals surface area contributed by atoms with Crippen LogP contribution >= 0.6 is 22.9 Å². The summed E-state index contributed by atoms with van der Waals surface area (Å²) < 4.78 is 2.34. The van der Waals surface area contributed by atoms with Gasteiger partial charge in [-0.3, -0.25) is 4.68 Å². The Morgan fingerprint density at radius 1 is 1.45 bits per heavy atom. The molecule has 0 saturated heterocycles. The highest BCUT2D eigenvalue weighted by Gasteiger charge is 2.12. The Balaban J connectivity index is 1.77. The molecule has 0 aliphatic heterocycles. The smallest absolute Gasteiger partial charge is 0.163 e. The van der Waals surface area contributed by atoms with E-state index < -0.39 is 6.10 Å². The second-order valence-corrected chi connectivity index (χ2v) is 6.01. The third-order valence-electron chi connectivity index (χ3n) is 2.91. The van der Waals surface area contributed by atoms with Crippen LogP contribution in [0.1, 0.15) is 11.0 Å². The lowest BCUT2D eigenvalue weighted by Crippen LogP contribution is -2.12. The number of anilines is 1. The van der Waals surface area contributed by atoms with Crippen LogP contribution in [0.3, 0.4) is 0 Å². The van der Waals surface area contributed by atoms with E-state index in [0.717, 1.165) is 15.9 Å². The quantitative estimate of drug-likeness (QED) is 0.773. The van der Waals surface area contributed by atoms with Gasteiger partial charge in [0, 0.05) is 18.5 Å². The first-order chi connectivity index (χ1) is 9.65. The average molecular weight is 310 g/mol. The van der Waals surface area contributed by atoms with E-state index in [0.29, 0.717) is 16.7 Å². The zero-order valence-corrected chi connectivity index (χ0v) is 12.2. The van der Waals surface area contributed by atoms with Crippen molar-refractivity contribution < 1.29 is 5.11 Å². The third kappa shape index (κ3) is 2.47. The molecule has 8 heteroatoms. The van der Waals surface area contributed by atoms with Gasteiger partial charge in [0.1, 0.15) is 18.2 Å². The minimum Gasteiger partial charge on any atom is -0.386 e. The summed E-state index contributed by atoms with van der Waals surface area (Å²) in [7, 11) is 1.82. The molecule has 104 valence electrons. The highest BCUT2D eigenvalue weighted by atomic mass is 35.5. The van der Waals surface area contributed by atoms with Crippen LogP contribution in [0.2, 0.25) is 4.34 Å². The molecule has 6 nitrogen and oxygen atoms in total. The summed E-state index contributed by atoms with van der Waals surface area (Å²) in [5.41, 5.74) is 0.746. The van der Waals surface area contributed by atoms with Gasteiger partial charge in [-0.1, -0.05) is 11.6 Å². The van der Waals surface area contributed by atoms with Crippen molar-refractivity contribution in [2.75, 3.05) is 11.9 Å². The monoisotopic (exact) mass is 309 g/mol. The van der Waals surface area contributed by atoms with E-state index in [2.05, 4.69) is 20.4 Å². The van der Waals surface area contributed by atoms with Crippen molar-refractivity contribution in [2.45, 2.75) is 6.10 Å². The molecule has 0 radical (unpaired) electrons. The van der Waals surface area contributed by atoms with E-state index in [1.54, 1.807) is 16.9 Å². The number of halogens is 1. The Kier molecular flexibility index (Phi) is 3.56. The normalized spacial score (nSPS) is 12.8. The molecule has 0 amide bonds. The van der Waals surface area contributed by atoms with Crippen LogP contribution in [0.4, 0.5) is 5.82 Å². The molecular formula is C12H12ClN5OS. The minimum atomic E-state index is -0.630. The van der Waals surface area contributed by atoms with Crippen molar-refractivity contribution in [2.24, 2.45) is 7.05 Å². The maximum atomic E-state index is 10.1. The number of nitrogens with zero attached hydrogens (tertiary/aromatic N) is 4. The molecule has 1 unspecified atom stereocenters. The van der Waals surface area contributed by atoms with E-state index in [-0.39, 0.29) is 0 Å². The van der Waals surface area contributed by atoms with E-state index >= 15 is 0 Å². The van der Waals surface area contributed by atoms with Gasteiger partial charge in [-0.05, 0) is 12.1 Å². The molecule has 0 aromatic carbocycles. The molecule has 0 spiro atoms. The first-order valence-corrected chi connectivity index (χ1v) is 7.14. The lowest BCUT2D eigenvalue weighted by molar-refractivity contribution is 0.195. The molecule has 0 fully saturated rings. The van der Waals surface area contributed by atoms with E-state index in [1.807, 2.05) is 13.1 Å². The summed E-state index contributed by atoms with van der Waals surface area (Å²) >= 11 is 7.22. The molecule has 3 aromatic rings. The molecule has 0 saturated carbocycles. The van der Waals surface area contributed by atoms with Gasteiger partial charge in [-0.15, -0.1) is 11.3 Å². The lowest BCUT2D eigenvalue weighted by Gasteiger charge is -2.10. The predicted octanol–water partition coefficient (Wildman–Crippen LogP) is 2.22. The summed E-state index contributed by atoms with van der Waals surface area (Å²) in [5, 5.41) is 18.2. The zero-order valence-electron chi connectivity index (χ0n) is 10.6. The lowest BCUT2D eigenvalue weighted by atomic mass is 10.3. The molecule has 0 aliphatic rings. The maximum Gasteiger partial charge on any atom is 0.163 e. The van der Waals surface area contributed by atoms with Crippen LogP contribution in [0, 0.1) is 0 Å². The second kappa shape index (κ2) is 5.35. The minimum absolute atomic E-state index is 0.345. The van der Waals surface area contributed by atoms with Crippen molar-refractivity contribution in [1.29, 1.82) is 0 Å². The number of hydrogen-bond donors (Lipinski definition) is 2. The molecule has 2 N–H and O–H groups in total. The van der Waals surface area contributed by atoms with Crippen molar-refractivity contribution in [3.63, 3.8) is 0 Å². The number of thiophene rings is 1. The van der Waals surface area contributed by atoms with E-state index in [4.69, 9.17) is 11.6 Å². The number of hydrogen-bond acceptors (Lipinski definition) is 6. The van der Waals surface area contributed by atoms with Gasteiger partial charge in [0.15, 0.2) is 5.65 Å². The summed E-state index contributed by atoms with van der Waals surface area (Å²) in [6.07, 6.45) is 2.54. The van der Waals surface area contributed by atoms with Gasteiger partial charge in [-0.2, -0.15) is 5.10 Å². The predicted molar refractivity (Wildman–Crippen MR) is 79.1 cm³/mol. The zero-order chi connectivity index (χ0) is 14.1. The SMILES string of the molecule is Cn1ncc2c(NCC(O)c3ccc(Cl)s3)ncnc21. The maximum absolute atomic E-state index is 10.1. The van der Waals surface area contributed by atoms with Crippen molar-refractivity contribution in [1.82, 2.24) is 19.7 Å². The molecule has 1 atom stereocenters. The Morgan fingerprint density at radius 2 is 2.30 bits per heavy atom. The Labute approximate surface area is 124 Å². The van der Waals surface area contributed by atoms with Gasteiger partial charge in [0.2, 0.25) is 0 Å². The fourth-order valence-corrected chi connectivity index (χ4v) is 2.95. The number of aryl methyl sites for hydroxylation is 1. The largest absolute Gasteiger partial charge is 0.386 e. The van der Waals surface area contributed by atoms with Gasteiger partial charge in [0.25, 0.3) is 0 Å².